The summed E-state index contributed by atoms with van der Waals surface area (Å²) in [6.07, 6.45) is 0. The molecule has 4 N–H and O–H groups in total. The van der Waals surface area contributed by atoms with E-state index >= 15 is 0 Å². The fourth-order valence-corrected chi connectivity index (χ4v) is 0.886. The topological polar surface area (TPSA) is 109 Å². The molecular weight excluding hydrogens is 198 g/mol. The molecule has 0 atom stereocenters. The highest BCUT2D eigenvalue weighted by atomic mass is 16.2. The highest BCUT2D eigenvalue weighted by Gasteiger charge is 2.06. The standard InChI is InChI=1S/C8H9N5O2/c1-10-13-7(14)5-3-2-4-6(11-5)12-8(9)15/h2-4H,1H2,(H,13,14)(H3,9,11,12,15). The van der Waals surface area contributed by atoms with Gasteiger partial charge in [-0.25, -0.2) is 15.2 Å². The number of primary amides is 1. The van der Waals surface area contributed by atoms with E-state index in [0.717, 1.165) is 0 Å². The molecule has 1 aromatic heterocycles. The number of amides is 3. The van der Waals surface area contributed by atoms with E-state index < -0.39 is 11.9 Å². The molecule has 15 heavy (non-hydrogen) atoms. The van der Waals surface area contributed by atoms with Gasteiger partial charge in [-0.1, -0.05) is 6.07 Å². The Balaban J connectivity index is 2.86. The second-order valence-electron chi connectivity index (χ2n) is 2.50. The van der Waals surface area contributed by atoms with Gasteiger partial charge in [0.1, 0.15) is 11.5 Å². The summed E-state index contributed by atoms with van der Waals surface area (Å²) in [5, 5.41) is 5.44. The highest BCUT2D eigenvalue weighted by Crippen LogP contribution is 2.04. The summed E-state index contributed by atoms with van der Waals surface area (Å²) in [4.78, 5) is 25.6. The van der Waals surface area contributed by atoms with Crippen molar-refractivity contribution in [1.82, 2.24) is 10.4 Å². The third-order valence-electron chi connectivity index (χ3n) is 1.41. The largest absolute Gasteiger partial charge is 0.351 e. The zero-order valence-electron chi connectivity index (χ0n) is 7.73. The summed E-state index contributed by atoms with van der Waals surface area (Å²) in [7, 11) is 0. The summed E-state index contributed by atoms with van der Waals surface area (Å²) < 4.78 is 0. The molecule has 0 aromatic carbocycles. The molecule has 0 aliphatic carbocycles. The van der Waals surface area contributed by atoms with Crippen LogP contribution in [-0.4, -0.2) is 23.6 Å². The molecule has 0 aliphatic heterocycles. The lowest BCUT2D eigenvalue weighted by Gasteiger charge is -2.02. The maximum atomic E-state index is 11.2. The summed E-state index contributed by atoms with van der Waals surface area (Å²) in [5.41, 5.74) is 7.11. The first-order chi connectivity index (χ1) is 7.13. The van der Waals surface area contributed by atoms with Crippen LogP contribution in [-0.2, 0) is 0 Å². The third-order valence-corrected chi connectivity index (χ3v) is 1.41. The van der Waals surface area contributed by atoms with E-state index in [-0.39, 0.29) is 11.5 Å². The summed E-state index contributed by atoms with van der Waals surface area (Å²) in [6, 6.07) is 3.77. The van der Waals surface area contributed by atoms with Gasteiger partial charge in [-0.05, 0) is 12.1 Å². The van der Waals surface area contributed by atoms with Crippen molar-refractivity contribution in [2.75, 3.05) is 5.32 Å². The maximum Gasteiger partial charge on any atom is 0.317 e. The van der Waals surface area contributed by atoms with Gasteiger partial charge in [0.25, 0.3) is 5.91 Å². The minimum absolute atomic E-state index is 0.105. The molecular formula is C8H9N5O2. The van der Waals surface area contributed by atoms with Crippen LogP contribution >= 0.6 is 0 Å². The van der Waals surface area contributed by atoms with Crippen molar-refractivity contribution < 1.29 is 9.59 Å². The van der Waals surface area contributed by atoms with Crippen LogP contribution < -0.4 is 16.5 Å². The first-order valence-corrected chi connectivity index (χ1v) is 3.93. The molecule has 0 spiro atoms. The normalized spacial score (nSPS) is 9.07. The molecule has 3 amide bonds. The fourth-order valence-electron chi connectivity index (χ4n) is 0.886. The van der Waals surface area contributed by atoms with E-state index in [0.29, 0.717) is 0 Å². The first kappa shape index (κ1) is 10.6. The Morgan fingerprint density at radius 2 is 2.20 bits per heavy atom. The summed E-state index contributed by atoms with van der Waals surface area (Å²) in [5.74, 6) is -0.322. The monoisotopic (exact) mass is 207 g/mol. The molecule has 1 rings (SSSR count). The molecule has 0 radical (unpaired) electrons. The maximum absolute atomic E-state index is 11.2. The number of rotatable bonds is 3. The summed E-state index contributed by atoms with van der Waals surface area (Å²) >= 11 is 0. The van der Waals surface area contributed by atoms with Crippen LogP contribution in [0.25, 0.3) is 0 Å². The molecule has 7 heteroatoms. The van der Waals surface area contributed by atoms with Gasteiger partial charge in [0.05, 0.1) is 0 Å². The number of aromatic nitrogens is 1. The number of nitrogens with zero attached hydrogens (tertiary/aromatic N) is 2. The zero-order chi connectivity index (χ0) is 11.3. The Kier molecular flexibility index (Phi) is 3.33. The van der Waals surface area contributed by atoms with Crippen molar-refractivity contribution in [3.63, 3.8) is 0 Å². The van der Waals surface area contributed by atoms with E-state index in [4.69, 9.17) is 5.73 Å². The highest BCUT2D eigenvalue weighted by molar-refractivity contribution is 5.93. The Hall–Kier alpha value is -2.44. The Labute approximate surface area is 85.4 Å². The Morgan fingerprint density at radius 3 is 2.80 bits per heavy atom. The Morgan fingerprint density at radius 1 is 1.47 bits per heavy atom. The zero-order valence-corrected chi connectivity index (χ0v) is 7.73. The van der Waals surface area contributed by atoms with Crippen LogP contribution in [0.3, 0.4) is 0 Å². The number of hydrazone groups is 1. The quantitative estimate of drug-likeness (QED) is 0.476. The molecule has 0 bridgehead atoms. The van der Waals surface area contributed by atoms with Gasteiger partial charge in [-0.15, -0.1) is 0 Å². The van der Waals surface area contributed by atoms with E-state index in [9.17, 15) is 9.59 Å². The third kappa shape index (κ3) is 3.07. The van der Waals surface area contributed by atoms with Crippen LogP contribution in [0.5, 0.6) is 0 Å². The summed E-state index contributed by atoms with van der Waals surface area (Å²) in [6.45, 7) is 3.10. The smallest absolute Gasteiger partial charge is 0.317 e. The number of hydrogen-bond acceptors (Lipinski definition) is 4. The average Bonchev–Trinajstić information content (AvgIpc) is 2.17. The fraction of sp³-hybridized carbons (Fsp3) is 0. The van der Waals surface area contributed by atoms with Gasteiger partial charge in [0.2, 0.25) is 0 Å². The molecule has 0 saturated heterocycles. The SMILES string of the molecule is C=NNC(=O)c1cccc(NC(N)=O)n1. The minimum atomic E-state index is -0.748. The number of nitrogens with one attached hydrogen (secondary N) is 2. The van der Waals surface area contributed by atoms with Crippen molar-refractivity contribution >= 4 is 24.5 Å². The molecule has 1 aromatic rings. The molecule has 0 unspecified atom stereocenters. The minimum Gasteiger partial charge on any atom is -0.351 e. The molecule has 78 valence electrons. The second-order valence-corrected chi connectivity index (χ2v) is 2.50. The number of carbonyl (C=O) groups excluding carboxylic acids is 2. The predicted molar refractivity (Wildman–Crippen MR) is 54.5 cm³/mol. The van der Waals surface area contributed by atoms with Gasteiger partial charge in [0.15, 0.2) is 0 Å². The lowest BCUT2D eigenvalue weighted by Crippen LogP contribution is -2.22. The molecule has 1 heterocycles. The van der Waals surface area contributed by atoms with Gasteiger partial charge < -0.3 is 5.73 Å². The average molecular weight is 207 g/mol. The number of carbonyl (C=O) groups is 2. The Bertz CT molecular complexity index is 404. The van der Waals surface area contributed by atoms with Crippen LogP contribution in [0.15, 0.2) is 23.3 Å². The van der Waals surface area contributed by atoms with Crippen molar-refractivity contribution in [2.24, 2.45) is 10.8 Å². The van der Waals surface area contributed by atoms with Crippen molar-refractivity contribution in [2.45, 2.75) is 0 Å². The van der Waals surface area contributed by atoms with Crippen molar-refractivity contribution in [3.05, 3.63) is 23.9 Å². The number of anilines is 1. The van der Waals surface area contributed by atoms with Crippen LogP contribution in [0.4, 0.5) is 10.6 Å². The van der Waals surface area contributed by atoms with Gasteiger partial charge in [-0.2, -0.15) is 5.10 Å². The molecule has 0 aliphatic rings. The number of nitrogens with two attached hydrogens (primary N) is 1. The predicted octanol–water partition coefficient (Wildman–Crippen LogP) is -0.0824. The van der Waals surface area contributed by atoms with Crippen molar-refractivity contribution in [1.29, 1.82) is 0 Å². The van der Waals surface area contributed by atoms with E-state index in [1.54, 1.807) is 6.07 Å². The van der Waals surface area contributed by atoms with E-state index in [1.807, 2.05) is 0 Å². The molecule has 7 nitrogen and oxygen atoms in total. The van der Waals surface area contributed by atoms with Gasteiger partial charge >= 0.3 is 6.03 Å². The van der Waals surface area contributed by atoms with Crippen LogP contribution in [0, 0.1) is 0 Å². The molecule has 0 fully saturated rings. The van der Waals surface area contributed by atoms with Crippen molar-refractivity contribution in [3.8, 4) is 0 Å². The number of urea groups is 1. The molecule has 0 saturated carbocycles. The van der Waals surface area contributed by atoms with E-state index in [2.05, 4.69) is 27.5 Å². The number of hydrogen-bond donors (Lipinski definition) is 3. The van der Waals surface area contributed by atoms with Crippen LogP contribution in [0.1, 0.15) is 10.5 Å². The lowest BCUT2D eigenvalue weighted by atomic mass is 10.3. The van der Waals surface area contributed by atoms with Crippen LogP contribution in [0.2, 0.25) is 0 Å². The van der Waals surface area contributed by atoms with Gasteiger partial charge in [-0.3, -0.25) is 10.1 Å². The second kappa shape index (κ2) is 4.70. The number of pyridine rings is 1. The first-order valence-electron chi connectivity index (χ1n) is 3.93. The van der Waals surface area contributed by atoms with Gasteiger partial charge in [0, 0.05) is 6.72 Å². The van der Waals surface area contributed by atoms with E-state index in [1.165, 1.54) is 12.1 Å². The lowest BCUT2D eigenvalue weighted by molar-refractivity contribution is 0.0950.